The Bertz CT molecular complexity index is 901. The molecule has 1 fully saturated rings. The number of phosphoric acid groups is 1. The third kappa shape index (κ3) is 6.05. The number of likely N-dealkylation sites (N-methyl/N-ethyl adjacent to an activating group) is 1. The first kappa shape index (κ1) is 24.4. The van der Waals surface area contributed by atoms with Crippen molar-refractivity contribution in [2.45, 2.75) is 24.0 Å². The van der Waals surface area contributed by atoms with Crippen LogP contribution in [0.3, 0.4) is 0 Å². The number of aromatic amines is 1. The molecule has 0 spiro atoms. The molecule has 3 N–H and O–H groups in total. The van der Waals surface area contributed by atoms with Gasteiger partial charge in [0.2, 0.25) is 0 Å². The average Bonchev–Trinajstić information content (AvgIpc) is 2.85. The van der Waals surface area contributed by atoms with E-state index in [1.54, 1.807) is 19.0 Å². The van der Waals surface area contributed by atoms with Crippen LogP contribution >= 0.6 is 27.3 Å². The number of hydrogen-bond acceptors (Lipinski definition) is 9. The summed E-state index contributed by atoms with van der Waals surface area (Å²) in [4.78, 5) is 45.6. The number of phosphoric ester groups is 1. The molecule has 16 heteroatoms. The summed E-state index contributed by atoms with van der Waals surface area (Å²) in [5, 5.41) is 0. The highest BCUT2D eigenvalue weighted by molar-refractivity contribution is 8.39. The molecule has 1 aromatic heterocycles. The molecule has 0 radical (unpaired) electrons. The Kier molecular flexibility index (Phi) is 7.96. The highest BCUT2D eigenvalue weighted by Crippen LogP contribution is 2.48. The fourth-order valence-corrected chi connectivity index (χ4v) is 4.37. The zero-order valence-corrected chi connectivity index (χ0v) is 18.4. The molecule has 0 amide bonds. The lowest BCUT2D eigenvalue weighted by Crippen LogP contribution is -2.54. The van der Waals surface area contributed by atoms with Gasteiger partial charge in [-0.1, -0.05) is 0 Å². The van der Waals surface area contributed by atoms with E-state index < -0.39 is 56.9 Å². The molecule has 0 aliphatic carbocycles. The predicted molar refractivity (Wildman–Crippen MR) is 103 cm³/mol. The van der Waals surface area contributed by atoms with Crippen molar-refractivity contribution in [2.24, 2.45) is 0 Å². The fraction of sp³-hybridized carbons (Fsp3) is 0.692. The second-order valence-electron chi connectivity index (χ2n) is 6.56. The van der Waals surface area contributed by atoms with Gasteiger partial charge in [0.15, 0.2) is 12.3 Å². The Morgan fingerprint density at radius 2 is 2.10 bits per heavy atom. The highest BCUT2D eigenvalue weighted by atomic mass is 32.7. The Morgan fingerprint density at radius 1 is 1.45 bits per heavy atom. The maximum atomic E-state index is 12.3. The SMILES string of the molecule is COC1C(O[P+](=O)S)[C@](COP(=O)(O)O)(CN(C)C)O[C@H]1n1ccc(=O)[nH]c1=O. The van der Waals surface area contributed by atoms with Gasteiger partial charge in [-0.15, -0.1) is 4.52 Å². The summed E-state index contributed by atoms with van der Waals surface area (Å²) in [7, 11) is -2.80. The van der Waals surface area contributed by atoms with E-state index in [2.05, 4.69) is 21.8 Å². The van der Waals surface area contributed by atoms with Crippen molar-refractivity contribution in [1.82, 2.24) is 14.5 Å². The van der Waals surface area contributed by atoms with E-state index in [1.807, 2.05) is 0 Å². The number of rotatable bonds is 9. The molecular weight excluding hydrogens is 452 g/mol. The van der Waals surface area contributed by atoms with Crippen LogP contribution in [0.4, 0.5) is 0 Å². The van der Waals surface area contributed by atoms with Crippen LogP contribution in [-0.4, -0.2) is 76.4 Å². The maximum Gasteiger partial charge on any atom is 0.582 e. The van der Waals surface area contributed by atoms with E-state index in [0.717, 1.165) is 10.6 Å². The van der Waals surface area contributed by atoms with Crippen molar-refractivity contribution in [1.29, 1.82) is 0 Å². The molecule has 0 aromatic carbocycles. The first-order chi connectivity index (χ1) is 13.4. The summed E-state index contributed by atoms with van der Waals surface area (Å²) in [6.07, 6.45) is -2.29. The summed E-state index contributed by atoms with van der Waals surface area (Å²) in [5.41, 5.74) is -3.05. The van der Waals surface area contributed by atoms with E-state index in [9.17, 15) is 18.7 Å². The number of thiol groups is 1. The van der Waals surface area contributed by atoms with Gasteiger partial charge in [-0.25, -0.2) is 9.36 Å². The van der Waals surface area contributed by atoms with Gasteiger partial charge in [-0.2, -0.15) is 0 Å². The largest absolute Gasteiger partial charge is 0.582 e. The molecule has 1 aliphatic heterocycles. The highest BCUT2D eigenvalue weighted by Gasteiger charge is 2.61. The lowest BCUT2D eigenvalue weighted by atomic mass is 9.95. The van der Waals surface area contributed by atoms with E-state index in [4.69, 9.17) is 23.8 Å². The topological polar surface area (TPSA) is 170 Å². The number of methoxy groups -OCH3 is 1. The van der Waals surface area contributed by atoms with Gasteiger partial charge >= 0.3 is 20.7 Å². The van der Waals surface area contributed by atoms with Crippen LogP contribution in [0.15, 0.2) is 21.9 Å². The second kappa shape index (κ2) is 9.48. The van der Waals surface area contributed by atoms with E-state index in [0.29, 0.717) is 0 Å². The first-order valence-corrected chi connectivity index (χ1v) is 11.9. The van der Waals surface area contributed by atoms with Crippen LogP contribution < -0.4 is 11.2 Å². The van der Waals surface area contributed by atoms with Crippen molar-refractivity contribution in [2.75, 3.05) is 34.4 Å². The predicted octanol–water partition coefficient (Wildman–Crippen LogP) is -0.538. The summed E-state index contributed by atoms with van der Waals surface area (Å²) < 4.78 is 45.5. The molecular formula is C13H22N3O10P2S+. The minimum atomic E-state index is -4.90. The minimum absolute atomic E-state index is 0.0108. The van der Waals surface area contributed by atoms with Crippen molar-refractivity contribution in [3.05, 3.63) is 33.1 Å². The monoisotopic (exact) mass is 474 g/mol. The van der Waals surface area contributed by atoms with E-state index in [1.165, 1.54) is 13.3 Å². The maximum absolute atomic E-state index is 12.3. The molecule has 13 nitrogen and oxygen atoms in total. The summed E-state index contributed by atoms with van der Waals surface area (Å²) in [5.74, 6) is 0. The van der Waals surface area contributed by atoms with Crippen LogP contribution in [0.25, 0.3) is 0 Å². The van der Waals surface area contributed by atoms with Crippen molar-refractivity contribution >= 4 is 27.3 Å². The summed E-state index contributed by atoms with van der Waals surface area (Å²) in [6.45, 7) is -0.686. The Hall–Kier alpha value is -0.920. The standard InChI is InChI=1S/C13H21N3O10P2S/c1-15(2)6-13(7-24-28(20,21)22)10(26-27(19)29)9(23-3)11(25-13)16-5-4-8(17)14-12(16)18/h4-5,9-11H,6-7H2,1-3H3,(H3-,14,17,18,19,20,21,22,29)/p+1/t9?,10?,11-,13-/m1/s1. The van der Waals surface area contributed by atoms with Crippen LogP contribution in [0.2, 0.25) is 0 Å². The smallest absolute Gasteiger partial charge is 0.374 e. The quantitative estimate of drug-likeness (QED) is 0.268. The van der Waals surface area contributed by atoms with E-state index in [-0.39, 0.29) is 6.54 Å². The molecule has 0 saturated carbocycles. The molecule has 1 saturated heterocycles. The van der Waals surface area contributed by atoms with E-state index >= 15 is 0 Å². The fourth-order valence-electron chi connectivity index (χ4n) is 3.18. The number of hydrogen-bond donors (Lipinski definition) is 4. The normalized spacial score (nSPS) is 28.1. The lowest BCUT2D eigenvalue weighted by Gasteiger charge is -2.34. The average molecular weight is 474 g/mol. The van der Waals surface area contributed by atoms with Crippen LogP contribution in [0.5, 0.6) is 0 Å². The molecule has 1 aromatic rings. The summed E-state index contributed by atoms with van der Waals surface area (Å²) >= 11 is 3.75. The molecule has 2 rings (SSSR count). The number of ether oxygens (including phenoxy) is 2. The zero-order valence-electron chi connectivity index (χ0n) is 15.7. The van der Waals surface area contributed by atoms with Crippen LogP contribution in [0.1, 0.15) is 6.23 Å². The van der Waals surface area contributed by atoms with Gasteiger partial charge in [0.1, 0.15) is 24.0 Å². The molecule has 164 valence electrons. The third-order valence-corrected chi connectivity index (χ3v) is 5.27. The van der Waals surface area contributed by atoms with Gasteiger partial charge in [0, 0.05) is 25.9 Å². The van der Waals surface area contributed by atoms with Gasteiger partial charge in [-0.05, 0) is 18.7 Å². The van der Waals surface area contributed by atoms with Crippen molar-refractivity contribution in [3.8, 4) is 0 Å². The van der Waals surface area contributed by atoms with Gasteiger partial charge in [0.05, 0.1) is 6.61 Å². The molecule has 1 aliphatic rings. The van der Waals surface area contributed by atoms with Gasteiger partial charge in [-0.3, -0.25) is 18.9 Å². The third-order valence-electron chi connectivity index (χ3n) is 4.12. The molecule has 2 heterocycles. The number of nitrogens with one attached hydrogen (secondary N) is 1. The second-order valence-corrected chi connectivity index (χ2v) is 9.46. The van der Waals surface area contributed by atoms with Crippen LogP contribution in [0, 0.1) is 0 Å². The van der Waals surface area contributed by atoms with Crippen molar-refractivity contribution in [3.63, 3.8) is 0 Å². The summed E-state index contributed by atoms with van der Waals surface area (Å²) in [6, 6.07) is 1.09. The van der Waals surface area contributed by atoms with Gasteiger partial charge in [0.25, 0.3) is 5.56 Å². The van der Waals surface area contributed by atoms with Gasteiger partial charge < -0.3 is 24.2 Å². The zero-order chi connectivity index (χ0) is 22.0. The molecule has 29 heavy (non-hydrogen) atoms. The molecule has 3 unspecified atom stereocenters. The Labute approximate surface area is 171 Å². The van der Waals surface area contributed by atoms with Crippen LogP contribution in [-0.2, 0) is 27.7 Å². The first-order valence-electron chi connectivity index (χ1n) is 8.08. The minimum Gasteiger partial charge on any atom is -0.374 e. The molecule has 5 atom stereocenters. The number of aromatic nitrogens is 2. The van der Waals surface area contributed by atoms with Crippen molar-refractivity contribution < 1.29 is 37.4 Å². The Morgan fingerprint density at radius 3 is 2.59 bits per heavy atom. The number of H-pyrrole nitrogens is 1. The molecule has 0 bridgehead atoms. The Balaban J connectivity index is 2.58. The lowest BCUT2D eigenvalue weighted by molar-refractivity contribution is -0.131. The number of nitrogens with zero attached hydrogens (tertiary/aromatic N) is 2.